The quantitative estimate of drug-likeness (QED) is 0.0589. The van der Waals surface area contributed by atoms with Gasteiger partial charge < -0.3 is 0 Å². The molecule has 1 aliphatic rings. The van der Waals surface area contributed by atoms with Crippen molar-refractivity contribution in [1.29, 1.82) is 0 Å². The molecule has 2 aromatic carbocycles. The summed E-state index contributed by atoms with van der Waals surface area (Å²) in [5.74, 6) is 0. The average Bonchev–Trinajstić information content (AvgIpc) is 3.51. The molecule has 326 valence electrons. The lowest BCUT2D eigenvalue weighted by molar-refractivity contribution is 0.397. The van der Waals surface area contributed by atoms with Gasteiger partial charge in [0.25, 0.3) is 0 Å². The molecule has 0 N–H and O–H groups in total. The summed E-state index contributed by atoms with van der Waals surface area (Å²) in [6.07, 6.45) is 60.8. The summed E-state index contributed by atoms with van der Waals surface area (Å²) in [5, 5.41) is 0. The minimum Gasteiger partial charge on any atom is -0.0654 e. The monoisotopic (exact) mass is 783 g/mol. The van der Waals surface area contributed by atoms with Gasteiger partial charge >= 0.3 is 0 Å². The van der Waals surface area contributed by atoms with Crippen molar-refractivity contribution in [2.45, 2.75) is 289 Å². The van der Waals surface area contributed by atoms with Crippen molar-refractivity contribution in [3.63, 3.8) is 0 Å². The highest BCUT2D eigenvalue weighted by Gasteiger charge is 2.41. The number of rotatable bonds is 42. The standard InChI is InChI=1S/C57H98/c1-3-5-7-9-11-13-15-17-19-21-23-25-27-29-31-33-35-37-39-45-51-57(55-49-43-41-47-53(55)54-48-42-44-50-56(54)57)52-46-40-38-36-34-32-30-28-26-24-22-20-18-16-14-12-10-8-6-4-2/h41-44,47-50H,3-40,45-46,51-52H2,1-2H3. The molecule has 0 aliphatic heterocycles. The van der Waals surface area contributed by atoms with Gasteiger partial charge in [-0.25, -0.2) is 0 Å². The summed E-state index contributed by atoms with van der Waals surface area (Å²) >= 11 is 0. The van der Waals surface area contributed by atoms with Crippen LogP contribution in [0.1, 0.15) is 295 Å². The van der Waals surface area contributed by atoms with E-state index in [0.717, 1.165) is 0 Å². The summed E-state index contributed by atoms with van der Waals surface area (Å²) in [5.41, 5.74) is 6.56. The fraction of sp³-hybridized carbons (Fsp3) is 0.789. The molecule has 0 radical (unpaired) electrons. The number of benzene rings is 2. The fourth-order valence-corrected chi connectivity index (χ4v) is 10.4. The maximum atomic E-state index is 2.49. The highest BCUT2D eigenvalue weighted by Crippen LogP contribution is 2.54. The summed E-state index contributed by atoms with van der Waals surface area (Å²) in [6.45, 7) is 4.63. The Kier molecular flexibility index (Phi) is 30.8. The zero-order chi connectivity index (χ0) is 40.2. The van der Waals surface area contributed by atoms with Crippen LogP contribution in [0.2, 0.25) is 0 Å². The molecule has 0 atom stereocenters. The molecule has 0 heterocycles. The molecule has 57 heavy (non-hydrogen) atoms. The Morgan fingerprint density at radius 1 is 0.246 bits per heavy atom. The van der Waals surface area contributed by atoms with Crippen LogP contribution >= 0.6 is 0 Å². The third-order valence-electron chi connectivity index (χ3n) is 14.1. The molecule has 3 rings (SSSR count). The second-order valence-corrected chi connectivity index (χ2v) is 19.1. The van der Waals surface area contributed by atoms with Gasteiger partial charge in [0.1, 0.15) is 0 Å². The summed E-state index contributed by atoms with van der Waals surface area (Å²) in [6, 6.07) is 18.9. The molecule has 0 saturated heterocycles. The van der Waals surface area contributed by atoms with Gasteiger partial charge in [-0.1, -0.05) is 319 Å². The first kappa shape index (κ1) is 49.8. The fourth-order valence-electron chi connectivity index (χ4n) is 10.4. The molecule has 0 nitrogen and oxygen atoms in total. The van der Waals surface area contributed by atoms with Crippen LogP contribution in [0.4, 0.5) is 0 Å². The van der Waals surface area contributed by atoms with Crippen molar-refractivity contribution >= 4 is 0 Å². The molecule has 0 heteroatoms. The lowest BCUT2D eigenvalue weighted by Crippen LogP contribution is -2.25. The summed E-state index contributed by atoms with van der Waals surface area (Å²) in [7, 11) is 0. The first-order valence-corrected chi connectivity index (χ1v) is 26.5. The number of unbranched alkanes of at least 4 members (excludes halogenated alkanes) is 38. The van der Waals surface area contributed by atoms with Gasteiger partial charge in [0.2, 0.25) is 0 Å². The van der Waals surface area contributed by atoms with E-state index in [9.17, 15) is 0 Å². The maximum Gasteiger partial charge on any atom is 0.0215 e. The van der Waals surface area contributed by atoms with Gasteiger partial charge in [-0.3, -0.25) is 0 Å². The Morgan fingerprint density at radius 2 is 0.439 bits per heavy atom. The molecule has 0 unspecified atom stereocenters. The van der Waals surface area contributed by atoms with Crippen LogP contribution in [-0.4, -0.2) is 0 Å². The van der Waals surface area contributed by atoms with Crippen LogP contribution in [0, 0.1) is 0 Å². The van der Waals surface area contributed by atoms with Crippen molar-refractivity contribution in [3.05, 3.63) is 59.7 Å². The van der Waals surface area contributed by atoms with Gasteiger partial charge in [-0.2, -0.15) is 0 Å². The van der Waals surface area contributed by atoms with E-state index in [2.05, 4.69) is 62.4 Å². The van der Waals surface area contributed by atoms with Crippen LogP contribution < -0.4 is 0 Å². The van der Waals surface area contributed by atoms with Crippen LogP contribution in [0.3, 0.4) is 0 Å². The molecular weight excluding hydrogens is 685 g/mol. The third kappa shape index (κ3) is 22.0. The van der Waals surface area contributed by atoms with Crippen LogP contribution in [0.25, 0.3) is 11.1 Å². The smallest absolute Gasteiger partial charge is 0.0215 e. The highest BCUT2D eigenvalue weighted by atomic mass is 14.4. The first-order valence-electron chi connectivity index (χ1n) is 26.5. The number of hydrogen-bond donors (Lipinski definition) is 0. The molecule has 0 amide bonds. The summed E-state index contributed by atoms with van der Waals surface area (Å²) < 4.78 is 0. The van der Waals surface area contributed by atoms with Crippen molar-refractivity contribution in [2.75, 3.05) is 0 Å². The predicted octanol–water partition coefficient (Wildman–Crippen LogP) is 20.4. The Morgan fingerprint density at radius 3 is 0.667 bits per heavy atom. The molecule has 2 aromatic rings. The van der Waals surface area contributed by atoms with Gasteiger partial charge in [0, 0.05) is 5.41 Å². The van der Waals surface area contributed by atoms with Crippen molar-refractivity contribution < 1.29 is 0 Å². The molecule has 0 aromatic heterocycles. The SMILES string of the molecule is CCCCCCCCCCCCCCCCCCCCCCC1(CCCCCCCCCCCCCCCCCCCCCC)c2ccccc2-c2ccccc21. The minimum absolute atomic E-state index is 0.232. The Bertz CT molecular complexity index is 1070. The van der Waals surface area contributed by atoms with Crippen molar-refractivity contribution in [3.8, 4) is 11.1 Å². The normalized spacial score (nSPS) is 13.0. The van der Waals surface area contributed by atoms with Gasteiger partial charge in [-0.05, 0) is 35.1 Å². The first-order chi connectivity index (χ1) is 28.3. The maximum absolute atomic E-state index is 2.49. The van der Waals surface area contributed by atoms with E-state index in [4.69, 9.17) is 0 Å². The Balaban J connectivity index is 1.21. The van der Waals surface area contributed by atoms with Crippen LogP contribution in [0.15, 0.2) is 48.5 Å². The van der Waals surface area contributed by atoms with Crippen molar-refractivity contribution in [1.82, 2.24) is 0 Å². The van der Waals surface area contributed by atoms with Crippen molar-refractivity contribution in [2.24, 2.45) is 0 Å². The molecule has 0 saturated carbocycles. The van der Waals surface area contributed by atoms with E-state index in [-0.39, 0.29) is 5.41 Å². The lowest BCUT2D eigenvalue weighted by Gasteiger charge is -2.33. The Labute approximate surface area is 358 Å². The van der Waals surface area contributed by atoms with Gasteiger partial charge in [0.15, 0.2) is 0 Å². The molecular formula is C57H98. The van der Waals surface area contributed by atoms with E-state index < -0.39 is 0 Å². The molecule has 0 spiro atoms. The zero-order valence-corrected chi connectivity index (χ0v) is 38.8. The third-order valence-corrected chi connectivity index (χ3v) is 14.1. The van der Waals surface area contributed by atoms with E-state index in [1.165, 1.54) is 281 Å². The average molecular weight is 783 g/mol. The van der Waals surface area contributed by atoms with E-state index >= 15 is 0 Å². The van der Waals surface area contributed by atoms with E-state index in [1.807, 2.05) is 0 Å². The van der Waals surface area contributed by atoms with Crippen LogP contribution in [0.5, 0.6) is 0 Å². The Hall–Kier alpha value is -1.56. The van der Waals surface area contributed by atoms with Gasteiger partial charge in [-0.15, -0.1) is 0 Å². The zero-order valence-electron chi connectivity index (χ0n) is 38.8. The highest BCUT2D eigenvalue weighted by molar-refractivity contribution is 5.80. The molecule has 0 bridgehead atoms. The summed E-state index contributed by atoms with van der Waals surface area (Å²) in [4.78, 5) is 0. The minimum atomic E-state index is 0.232. The number of hydrogen-bond acceptors (Lipinski definition) is 0. The van der Waals surface area contributed by atoms with Gasteiger partial charge in [0.05, 0.1) is 0 Å². The topological polar surface area (TPSA) is 0 Å². The number of fused-ring (bicyclic) bond motifs is 3. The molecule has 1 aliphatic carbocycles. The lowest BCUT2D eigenvalue weighted by atomic mass is 9.70. The largest absolute Gasteiger partial charge is 0.0654 e. The molecule has 0 fully saturated rings. The second-order valence-electron chi connectivity index (χ2n) is 19.1. The van der Waals surface area contributed by atoms with E-state index in [0.29, 0.717) is 0 Å². The van der Waals surface area contributed by atoms with Crippen LogP contribution in [-0.2, 0) is 5.41 Å². The van der Waals surface area contributed by atoms with E-state index in [1.54, 1.807) is 11.1 Å². The predicted molar refractivity (Wildman–Crippen MR) is 258 cm³/mol. The second kappa shape index (κ2) is 35.2.